The van der Waals surface area contributed by atoms with Crippen molar-refractivity contribution in [1.29, 1.82) is 0 Å². The van der Waals surface area contributed by atoms with Gasteiger partial charge < -0.3 is 5.32 Å². The number of rotatable bonds is 5. The van der Waals surface area contributed by atoms with Crippen LogP contribution in [-0.4, -0.2) is 35.1 Å². The summed E-state index contributed by atoms with van der Waals surface area (Å²) < 4.78 is 0. The molecule has 0 aliphatic carbocycles. The molecular formula is C12H27NS. The molecule has 0 aromatic rings. The van der Waals surface area contributed by atoms with E-state index >= 15 is 0 Å². The standard InChI is InChI=1S/C12H27NS/c1-10(2)14(5,11(3)4)9-7-12-6-8-13-12/h10-13H,6-9H2,1-5H3/t12-/m0/s1. The molecule has 0 radical (unpaired) electrons. The van der Waals surface area contributed by atoms with E-state index in [4.69, 9.17) is 0 Å². The van der Waals surface area contributed by atoms with Crippen molar-refractivity contribution in [2.24, 2.45) is 0 Å². The van der Waals surface area contributed by atoms with Crippen LogP contribution in [0.5, 0.6) is 0 Å². The highest BCUT2D eigenvalue weighted by Crippen LogP contribution is 2.53. The van der Waals surface area contributed by atoms with Crippen molar-refractivity contribution in [1.82, 2.24) is 5.32 Å². The van der Waals surface area contributed by atoms with Crippen LogP contribution in [0, 0.1) is 0 Å². The molecule has 0 saturated carbocycles. The van der Waals surface area contributed by atoms with Crippen molar-refractivity contribution in [3.8, 4) is 0 Å². The Bertz CT molecular complexity index is 165. The third-order valence-electron chi connectivity index (χ3n) is 3.99. The van der Waals surface area contributed by atoms with Gasteiger partial charge in [0.15, 0.2) is 0 Å². The molecule has 1 fully saturated rings. The van der Waals surface area contributed by atoms with Gasteiger partial charge in [0.1, 0.15) is 0 Å². The van der Waals surface area contributed by atoms with Gasteiger partial charge in [-0.15, -0.1) is 0 Å². The molecule has 0 amide bonds. The second kappa shape index (κ2) is 4.89. The van der Waals surface area contributed by atoms with Crippen molar-refractivity contribution in [2.45, 2.75) is 57.1 Å². The smallest absolute Gasteiger partial charge is 0.00864 e. The maximum atomic E-state index is 3.51. The third-order valence-corrected chi connectivity index (χ3v) is 9.41. The Kier molecular flexibility index (Phi) is 4.32. The van der Waals surface area contributed by atoms with E-state index in [9.17, 15) is 0 Å². The highest BCUT2D eigenvalue weighted by molar-refractivity contribution is 8.34. The maximum absolute atomic E-state index is 3.51. The van der Waals surface area contributed by atoms with Crippen LogP contribution < -0.4 is 5.32 Å². The molecule has 1 aliphatic heterocycles. The van der Waals surface area contributed by atoms with E-state index in [1.54, 1.807) is 0 Å². The molecule has 1 saturated heterocycles. The van der Waals surface area contributed by atoms with Crippen LogP contribution in [0.15, 0.2) is 0 Å². The summed E-state index contributed by atoms with van der Waals surface area (Å²) in [4.78, 5) is 0. The molecule has 0 unspecified atom stereocenters. The SMILES string of the molecule is CC(C)S(C)(CC[C@@H]1CCN1)C(C)C. The zero-order chi connectivity index (χ0) is 10.8. The van der Waals surface area contributed by atoms with Gasteiger partial charge in [0, 0.05) is 6.04 Å². The Hall–Kier alpha value is 0.310. The highest BCUT2D eigenvalue weighted by Gasteiger charge is 2.28. The topological polar surface area (TPSA) is 12.0 Å². The molecular weight excluding hydrogens is 190 g/mol. The molecule has 1 atom stereocenters. The molecule has 0 aromatic heterocycles. The van der Waals surface area contributed by atoms with Gasteiger partial charge in [-0.1, -0.05) is 27.7 Å². The van der Waals surface area contributed by atoms with E-state index in [1.807, 2.05) is 0 Å². The van der Waals surface area contributed by atoms with Crippen LogP contribution in [0.4, 0.5) is 0 Å². The van der Waals surface area contributed by atoms with Gasteiger partial charge in [-0.2, -0.15) is 0 Å². The fourth-order valence-corrected chi connectivity index (χ4v) is 4.83. The zero-order valence-electron chi connectivity index (χ0n) is 10.5. The van der Waals surface area contributed by atoms with Gasteiger partial charge in [-0.3, -0.25) is 0 Å². The Morgan fingerprint density at radius 1 is 1.21 bits per heavy atom. The number of nitrogens with one attached hydrogen (secondary N) is 1. The van der Waals surface area contributed by atoms with E-state index in [1.165, 1.54) is 25.1 Å². The third kappa shape index (κ3) is 2.66. The Morgan fingerprint density at radius 2 is 1.71 bits per heavy atom. The average molecular weight is 217 g/mol. The Morgan fingerprint density at radius 3 is 2.00 bits per heavy atom. The fourth-order valence-electron chi connectivity index (χ4n) is 2.01. The Balaban J connectivity index is 2.41. The fraction of sp³-hybridized carbons (Fsp3) is 1.00. The van der Waals surface area contributed by atoms with E-state index < -0.39 is 0 Å². The van der Waals surface area contributed by atoms with Crippen LogP contribution >= 0.6 is 10.0 Å². The van der Waals surface area contributed by atoms with Gasteiger partial charge in [0.2, 0.25) is 0 Å². The molecule has 1 heterocycles. The quantitative estimate of drug-likeness (QED) is 0.746. The van der Waals surface area contributed by atoms with E-state index in [-0.39, 0.29) is 10.0 Å². The van der Waals surface area contributed by atoms with Crippen LogP contribution in [-0.2, 0) is 0 Å². The number of hydrogen-bond acceptors (Lipinski definition) is 1. The summed E-state index contributed by atoms with van der Waals surface area (Å²) in [5.74, 6) is 1.46. The highest BCUT2D eigenvalue weighted by atomic mass is 32.3. The summed E-state index contributed by atoms with van der Waals surface area (Å²) in [6.45, 7) is 10.9. The summed E-state index contributed by atoms with van der Waals surface area (Å²) in [5, 5.41) is 5.26. The molecule has 1 N–H and O–H groups in total. The molecule has 1 nitrogen and oxygen atoms in total. The van der Waals surface area contributed by atoms with E-state index in [0.717, 1.165) is 16.5 Å². The molecule has 14 heavy (non-hydrogen) atoms. The summed E-state index contributed by atoms with van der Waals surface area (Å²) in [6.07, 6.45) is 5.36. The van der Waals surface area contributed by atoms with Gasteiger partial charge in [0.25, 0.3) is 0 Å². The van der Waals surface area contributed by atoms with Crippen LogP contribution in [0.25, 0.3) is 0 Å². The van der Waals surface area contributed by atoms with Crippen LogP contribution in [0.2, 0.25) is 0 Å². The Labute approximate surface area is 91.4 Å². The van der Waals surface area contributed by atoms with E-state index in [2.05, 4.69) is 39.3 Å². The van der Waals surface area contributed by atoms with Gasteiger partial charge in [0.05, 0.1) is 0 Å². The van der Waals surface area contributed by atoms with Crippen molar-refractivity contribution in [3.63, 3.8) is 0 Å². The molecule has 0 bridgehead atoms. The summed E-state index contributed by atoms with van der Waals surface area (Å²) in [7, 11) is -0.384. The first-order chi connectivity index (χ1) is 6.47. The largest absolute Gasteiger partial charge is 0.314 e. The monoisotopic (exact) mass is 217 g/mol. The lowest BCUT2D eigenvalue weighted by Gasteiger charge is -2.46. The van der Waals surface area contributed by atoms with Crippen molar-refractivity contribution < 1.29 is 0 Å². The van der Waals surface area contributed by atoms with Crippen LogP contribution in [0.3, 0.4) is 0 Å². The number of hydrogen-bond donors (Lipinski definition) is 1. The second-order valence-electron chi connectivity index (χ2n) is 5.26. The first-order valence-electron chi connectivity index (χ1n) is 5.94. The van der Waals surface area contributed by atoms with E-state index in [0.29, 0.717) is 0 Å². The summed E-state index contributed by atoms with van der Waals surface area (Å²) in [6, 6.07) is 0.847. The minimum Gasteiger partial charge on any atom is -0.314 e. The van der Waals surface area contributed by atoms with Crippen molar-refractivity contribution in [3.05, 3.63) is 0 Å². The summed E-state index contributed by atoms with van der Waals surface area (Å²) >= 11 is 0. The first kappa shape index (κ1) is 12.4. The predicted octanol–water partition coefficient (Wildman–Crippen LogP) is 2.99. The van der Waals surface area contributed by atoms with Crippen molar-refractivity contribution >= 4 is 10.0 Å². The molecule has 0 aromatic carbocycles. The molecule has 1 aliphatic rings. The zero-order valence-corrected chi connectivity index (χ0v) is 11.3. The van der Waals surface area contributed by atoms with Crippen molar-refractivity contribution in [2.75, 3.05) is 18.6 Å². The predicted molar refractivity (Wildman–Crippen MR) is 69.7 cm³/mol. The molecule has 1 rings (SSSR count). The second-order valence-corrected chi connectivity index (χ2v) is 10.0. The lowest BCUT2D eigenvalue weighted by Crippen LogP contribution is -2.44. The van der Waals surface area contributed by atoms with Gasteiger partial charge in [-0.25, -0.2) is 10.0 Å². The first-order valence-corrected chi connectivity index (χ1v) is 8.27. The van der Waals surface area contributed by atoms with Crippen LogP contribution in [0.1, 0.15) is 40.5 Å². The normalized spacial score (nSPS) is 24.1. The summed E-state index contributed by atoms with van der Waals surface area (Å²) in [5.41, 5.74) is 0. The van der Waals surface area contributed by atoms with Gasteiger partial charge >= 0.3 is 0 Å². The lowest BCUT2D eigenvalue weighted by molar-refractivity contribution is 0.363. The molecule has 2 heteroatoms. The minimum atomic E-state index is -0.384. The average Bonchev–Trinajstić information content (AvgIpc) is 2.00. The van der Waals surface area contributed by atoms with Gasteiger partial charge in [-0.05, 0) is 41.9 Å². The maximum Gasteiger partial charge on any atom is 0.00864 e. The molecule has 0 spiro atoms. The minimum absolute atomic E-state index is 0.384. The molecule has 86 valence electrons. The lowest BCUT2D eigenvalue weighted by atomic mass is 10.1.